The van der Waals surface area contributed by atoms with Crippen LogP contribution in [0.15, 0.2) is 46.9 Å². The maximum absolute atomic E-state index is 12.4. The summed E-state index contributed by atoms with van der Waals surface area (Å²) in [5, 5.41) is 0. The number of ether oxygens (including phenoxy) is 1. The van der Waals surface area contributed by atoms with E-state index in [1.165, 1.54) is 0 Å². The van der Waals surface area contributed by atoms with E-state index in [-0.39, 0.29) is 5.91 Å². The first-order valence-electron chi connectivity index (χ1n) is 6.67. The largest absolute Gasteiger partial charge is 0.497 e. The number of anilines is 1. The standard InChI is InChI=1S/C17H18BrNO2/c1-12-9-14(7-8-16(12)18)19(2)17(20)11-13-5-4-6-15(10-13)21-3/h4-10H,11H2,1-3H3. The molecule has 3 nitrogen and oxygen atoms in total. The maximum Gasteiger partial charge on any atom is 0.231 e. The molecule has 0 aliphatic heterocycles. The molecule has 0 heterocycles. The van der Waals surface area contributed by atoms with Crippen molar-refractivity contribution in [1.82, 2.24) is 0 Å². The second-order valence-electron chi connectivity index (χ2n) is 4.91. The first kappa shape index (κ1) is 15.6. The van der Waals surface area contributed by atoms with E-state index < -0.39 is 0 Å². The SMILES string of the molecule is COc1cccc(CC(=O)N(C)c2ccc(Br)c(C)c2)c1. The van der Waals surface area contributed by atoms with Gasteiger partial charge in [0.15, 0.2) is 0 Å². The second-order valence-corrected chi connectivity index (χ2v) is 5.77. The lowest BCUT2D eigenvalue weighted by Crippen LogP contribution is -2.27. The van der Waals surface area contributed by atoms with Crippen molar-refractivity contribution in [3.63, 3.8) is 0 Å². The number of rotatable bonds is 4. The molecule has 2 rings (SSSR count). The number of nitrogens with zero attached hydrogens (tertiary/aromatic N) is 1. The molecule has 0 fully saturated rings. The van der Waals surface area contributed by atoms with Gasteiger partial charge >= 0.3 is 0 Å². The lowest BCUT2D eigenvalue weighted by Gasteiger charge is -2.18. The van der Waals surface area contributed by atoms with E-state index in [2.05, 4.69) is 15.9 Å². The summed E-state index contributed by atoms with van der Waals surface area (Å²) >= 11 is 3.47. The van der Waals surface area contributed by atoms with E-state index in [9.17, 15) is 4.79 Å². The molecule has 0 saturated heterocycles. The fourth-order valence-corrected chi connectivity index (χ4v) is 2.30. The number of amides is 1. The summed E-state index contributed by atoms with van der Waals surface area (Å²) in [5.74, 6) is 0.812. The Morgan fingerprint density at radius 3 is 2.67 bits per heavy atom. The molecule has 1 amide bonds. The summed E-state index contributed by atoms with van der Waals surface area (Å²) in [6, 6.07) is 13.5. The van der Waals surface area contributed by atoms with Crippen molar-refractivity contribution in [2.45, 2.75) is 13.3 Å². The fraction of sp³-hybridized carbons (Fsp3) is 0.235. The minimum atomic E-state index is 0.0463. The Balaban J connectivity index is 2.13. The van der Waals surface area contributed by atoms with Gasteiger partial charge in [-0.15, -0.1) is 0 Å². The van der Waals surface area contributed by atoms with E-state index in [1.807, 2.05) is 49.4 Å². The van der Waals surface area contributed by atoms with E-state index >= 15 is 0 Å². The Labute approximate surface area is 133 Å². The first-order valence-corrected chi connectivity index (χ1v) is 7.46. The first-order chi connectivity index (χ1) is 10.0. The van der Waals surface area contributed by atoms with E-state index in [0.717, 1.165) is 27.0 Å². The highest BCUT2D eigenvalue weighted by atomic mass is 79.9. The molecular formula is C17H18BrNO2. The van der Waals surface area contributed by atoms with Crippen LogP contribution in [0, 0.1) is 6.92 Å². The average molecular weight is 348 g/mol. The van der Waals surface area contributed by atoms with Crippen LogP contribution in [0.25, 0.3) is 0 Å². The molecule has 0 spiro atoms. The third-order valence-electron chi connectivity index (χ3n) is 3.39. The van der Waals surface area contributed by atoms with Crippen LogP contribution in [0.5, 0.6) is 5.75 Å². The summed E-state index contributed by atoms with van der Waals surface area (Å²) in [7, 11) is 3.42. The van der Waals surface area contributed by atoms with Gasteiger partial charge in [0.05, 0.1) is 13.5 Å². The van der Waals surface area contributed by atoms with Gasteiger partial charge in [-0.2, -0.15) is 0 Å². The summed E-state index contributed by atoms with van der Waals surface area (Å²) in [4.78, 5) is 14.1. The number of carbonyl (C=O) groups excluding carboxylic acids is 1. The normalized spacial score (nSPS) is 10.3. The lowest BCUT2D eigenvalue weighted by molar-refractivity contribution is -0.117. The fourth-order valence-electron chi connectivity index (χ4n) is 2.06. The molecule has 0 aromatic heterocycles. The third-order valence-corrected chi connectivity index (χ3v) is 4.28. The molecule has 0 aliphatic rings. The Bertz CT molecular complexity index is 655. The maximum atomic E-state index is 12.4. The zero-order chi connectivity index (χ0) is 15.4. The molecule has 110 valence electrons. The predicted molar refractivity (Wildman–Crippen MR) is 89.0 cm³/mol. The Morgan fingerprint density at radius 1 is 1.24 bits per heavy atom. The molecule has 4 heteroatoms. The summed E-state index contributed by atoms with van der Waals surface area (Å²) < 4.78 is 6.22. The van der Waals surface area contributed by atoms with Crippen LogP contribution in [0.1, 0.15) is 11.1 Å². The Morgan fingerprint density at radius 2 is 2.00 bits per heavy atom. The number of likely N-dealkylation sites (N-methyl/N-ethyl adjacent to an activating group) is 1. The minimum Gasteiger partial charge on any atom is -0.497 e. The van der Waals surface area contributed by atoms with Gasteiger partial charge in [-0.25, -0.2) is 0 Å². The zero-order valence-electron chi connectivity index (χ0n) is 12.4. The van der Waals surface area contributed by atoms with Crippen LogP contribution in [-0.4, -0.2) is 20.1 Å². The number of hydrogen-bond acceptors (Lipinski definition) is 2. The van der Waals surface area contributed by atoms with E-state index in [1.54, 1.807) is 19.1 Å². The van der Waals surface area contributed by atoms with E-state index in [4.69, 9.17) is 4.74 Å². The number of halogens is 1. The summed E-state index contributed by atoms with van der Waals surface area (Å²) in [5.41, 5.74) is 2.94. The van der Waals surface area contributed by atoms with Gasteiger partial charge in [0, 0.05) is 17.2 Å². The smallest absolute Gasteiger partial charge is 0.231 e. The van der Waals surface area contributed by atoms with Crippen molar-refractivity contribution in [1.29, 1.82) is 0 Å². The van der Waals surface area contributed by atoms with Crippen LogP contribution >= 0.6 is 15.9 Å². The van der Waals surface area contributed by atoms with Crippen LogP contribution in [0.2, 0.25) is 0 Å². The minimum absolute atomic E-state index is 0.0463. The van der Waals surface area contributed by atoms with Crippen LogP contribution in [-0.2, 0) is 11.2 Å². The van der Waals surface area contributed by atoms with Gasteiger partial charge in [-0.05, 0) is 48.4 Å². The molecule has 0 N–H and O–H groups in total. The molecule has 0 atom stereocenters. The zero-order valence-corrected chi connectivity index (χ0v) is 14.0. The molecule has 21 heavy (non-hydrogen) atoms. The Hall–Kier alpha value is -1.81. The molecular weight excluding hydrogens is 330 g/mol. The van der Waals surface area contributed by atoms with Gasteiger partial charge in [-0.1, -0.05) is 28.1 Å². The summed E-state index contributed by atoms with van der Waals surface area (Å²) in [6.45, 7) is 2.01. The van der Waals surface area contributed by atoms with E-state index in [0.29, 0.717) is 6.42 Å². The Kier molecular flexibility index (Phi) is 5.02. The highest BCUT2D eigenvalue weighted by Crippen LogP contribution is 2.23. The number of methoxy groups -OCH3 is 1. The topological polar surface area (TPSA) is 29.5 Å². The number of hydrogen-bond donors (Lipinski definition) is 0. The van der Waals surface area contributed by atoms with Crippen molar-refractivity contribution in [3.8, 4) is 5.75 Å². The number of benzene rings is 2. The third kappa shape index (κ3) is 3.85. The monoisotopic (exact) mass is 347 g/mol. The van der Waals surface area contributed by atoms with Crippen molar-refractivity contribution in [2.24, 2.45) is 0 Å². The van der Waals surface area contributed by atoms with Crippen molar-refractivity contribution < 1.29 is 9.53 Å². The van der Waals surface area contributed by atoms with Gasteiger partial charge in [0.25, 0.3) is 0 Å². The van der Waals surface area contributed by atoms with Crippen LogP contribution in [0.4, 0.5) is 5.69 Å². The highest BCUT2D eigenvalue weighted by Gasteiger charge is 2.12. The molecule has 0 radical (unpaired) electrons. The lowest BCUT2D eigenvalue weighted by atomic mass is 10.1. The van der Waals surface area contributed by atoms with Gasteiger partial charge in [0.1, 0.15) is 5.75 Å². The summed E-state index contributed by atoms with van der Waals surface area (Å²) in [6.07, 6.45) is 0.350. The van der Waals surface area contributed by atoms with Crippen molar-refractivity contribution in [2.75, 3.05) is 19.1 Å². The molecule has 0 aliphatic carbocycles. The molecule has 2 aromatic carbocycles. The van der Waals surface area contributed by atoms with Crippen LogP contribution in [0.3, 0.4) is 0 Å². The van der Waals surface area contributed by atoms with Gasteiger partial charge in [-0.3, -0.25) is 4.79 Å². The second kappa shape index (κ2) is 6.76. The predicted octanol–water partition coefficient (Wildman–Crippen LogP) is 3.97. The van der Waals surface area contributed by atoms with Crippen molar-refractivity contribution in [3.05, 3.63) is 58.1 Å². The van der Waals surface area contributed by atoms with Crippen molar-refractivity contribution >= 4 is 27.5 Å². The van der Waals surface area contributed by atoms with Crippen LogP contribution < -0.4 is 9.64 Å². The van der Waals surface area contributed by atoms with Gasteiger partial charge in [0.2, 0.25) is 5.91 Å². The molecule has 2 aromatic rings. The number of carbonyl (C=O) groups is 1. The van der Waals surface area contributed by atoms with Gasteiger partial charge < -0.3 is 9.64 Å². The quantitative estimate of drug-likeness (QED) is 0.837. The number of aryl methyl sites for hydroxylation is 1. The molecule has 0 bridgehead atoms. The average Bonchev–Trinajstić information content (AvgIpc) is 2.49. The highest BCUT2D eigenvalue weighted by molar-refractivity contribution is 9.10. The molecule has 0 unspecified atom stereocenters. The molecule has 0 saturated carbocycles.